The second-order valence-electron chi connectivity index (χ2n) is 6.93. The molecule has 0 radical (unpaired) electrons. The minimum atomic E-state index is -0.0309. The molecule has 26 heavy (non-hydrogen) atoms. The Hall–Kier alpha value is -2.32. The number of benzene rings is 1. The monoisotopic (exact) mass is 368 g/mol. The molecule has 6 heteroatoms. The fraction of sp³-hybridized carbons (Fsp3) is 0.450. The van der Waals surface area contributed by atoms with Crippen molar-refractivity contribution in [3.05, 3.63) is 46.5 Å². The van der Waals surface area contributed by atoms with Gasteiger partial charge in [-0.2, -0.15) is 0 Å². The van der Waals surface area contributed by atoms with Crippen molar-refractivity contribution in [2.75, 3.05) is 6.54 Å². The van der Waals surface area contributed by atoms with E-state index in [-0.39, 0.29) is 5.91 Å². The van der Waals surface area contributed by atoms with Crippen LogP contribution >= 0.6 is 11.6 Å². The Bertz CT molecular complexity index is 873. The lowest BCUT2D eigenvalue weighted by atomic mass is 9.90. The molecule has 0 saturated heterocycles. The van der Waals surface area contributed by atoms with Gasteiger partial charge in [-0.05, 0) is 37.0 Å². The average molecular weight is 369 g/mol. The number of nitrogens with zero attached hydrogens (tertiary/aromatic N) is 4. The number of hydrogen-bond donors (Lipinski definition) is 0. The van der Waals surface area contributed by atoms with Crippen molar-refractivity contribution >= 4 is 17.5 Å². The van der Waals surface area contributed by atoms with Crippen LogP contribution in [0.3, 0.4) is 0 Å². The number of fused-ring (bicyclic) bond motifs is 1. The summed E-state index contributed by atoms with van der Waals surface area (Å²) in [5.74, 6) is 8.57. The van der Waals surface area contributed by atoms with E-state index in [4.69, 9.17) is 11.6 Å². The highest BCUT2D eigenvalue weighted by Crippen LogP contribution is 2.23. The summed E-state index contributed by atoms with van der Waals surface area (Å²) in [7, 11) is 0. The van der Waals surface area contributed by atoms with Crippen LogP contribution in [0.5, 0.6) is 0 Å². The van der Waals surface area contributed by atoms with Crippen molar-refractivity contribution in [3.63, 3.8) is 0 Å². The van der Waals surface area contributed by atoms with Crippen LogP contribution < -0.4 is 0 Å². The first-order valence-electron chi connectivity index (χ1n) is 9.19. The Balaban J connectivity index is 1.48. The second kappa shape index (κ2) is 7.51. The third-order valence-electron chi connectivity index (χ3n) is 5.11. The van der Waals surface area contributed by atoms with Crippen molar-refractivity contribution in [3.8, 4) is 11.8 Å². The van der Waals surface area contributed by atoms with Gasteiger partial charge in [0.2, 0.25) is 5.82 Å². The van der Waals surface area contributed by atoms with Gasteiger partial charge < -0.3 is 9.47 Å². The summed E-state index contributed by atoms with van der Waals surface area (Å²) in [6.45, 7) is 1.74. The third-order valence-corrected chi connectivity index (χ3v) is 5.34. The van der Waals surface area contributed by atoms with Crippen LogP contribution in [0.1, 0.15) is 54.1 Å². The van der Waals surface area contributed by atoms with Crippen molar-refractivity contribution in [2.45, 2.75) is 45.2 Å². The zero-order chi connectivity index (χ0) is 17.9. The van der Waals surface area contributed by atoms with E-state index in [0.717, 1.165) is 11.6 Å². The molecule has 1 aromatic carbocycles. The Kier molecular flexibility index (Phi) is 4.94. The van der Waals surface area contributed by atoms with E-state index in [0.29, 0.717) is 36.1 Å². The molecule has 4 rings (SSSR count). The van der Waals surface area contributed by atoms with Crippen LogP contribution in [0.2, 0.25) is 5.02 Å². The zero-order valence-electron chi connectivity index (χ0n) is 14.6. The maximum Gasteiger partial charge on any atom is 0.254 e. The van der Waals surface area contributed by atoms with E-state index in [1.807, 2.05) is 4.57 Å². The van der Waals surface area contributed by atoms with Gasteiger partial charge in [-0.25, -0.2) is 0 Å². The summed E-state index contributed by atoms with van der Waals surface area (Å²) in [4.78, 5) is 14.5. The van der Waals surface area contributed by atoms with Gasteiger partial charge in [0, 0.05) is 29.6 Å². The van der Waals surface area contributed by atoms with Gasteiger partial charge in [0.05, 0.1) is 6.54 Å². The standard InChI is InChI=1S/C20H21ClN4O/c21-17-8-4-7-16(13-17)20(26)24-11-12-25-18(22-23-19(25)14-24)10-9-15-5-2-1-3-6-15/h4,7-8,13,15H,1-3,5-6,11-12,14H2. The topological polar surface area (TPSA) is 51.0 Å². The van der Waals surface area contributed by atoms with Crippen molar-refractivity contribution in [2.24, 2.45) is 5.92 Å². The first-order valence-corrected chi connectivity index (χ1v) is 9.57. The summed E-state index contributed by atoms with van der Waals surface area (Å²) >= 11 is 6.00. The molecule has 1 saturated carbocycles. The highest BCUT2D eigenvalue weighted by molar-refractivity contribution is 6.30. The number of hydrogen-bond acceptors (Lipinski definition) is 3. The maximum atomic E-state index is 12.7. The molecule has 5 nitrogen and oxygen atoms in total. The minimum Gasteiger partial charge on any atom is -0.329 e. The minimum absolute atomic E-state index is 0.0309. The molecule has 2 aromatic rings. The Morgan fingerprint density at radius 1 is 1.15 bits per heavy atom. The lowest BCUT2D eigenvalue weighted by Gasteiger charge is -2.27. The third kappa shape index (κ3) is 3.61. The molecule has 0 spiro atoms. The lowest BCUT2D eigenvalue weighted by Crippen LogP contribution is -2.38. The summed E-state index contributed by atoms with van der Waals surface area (Å²) in [5.41, 5.74) is 0.600. The molecule has 2 heterocycles. The molecule has 1 aliphatic carbocycles. The van der Waals surface area contributed by atoms with Crippen molar-refractivity contribution < 1.29 is 4.79 Å². The largest absolute Gasteiger partial charge is 0.329 e. The van der Waals surface area contributed by atoms with Gasteiger partial charge in [0.15, 0.2) is 5.82 Å². The zero-order valence-corrected chi connectivity index (χ0v) is 15.4. The summed E-state index contributed by atoms with van der Waals surface area (Å²) in [5, 5.41) is 9.06. The molecule has 1 aliphatic heterocycles. The highest BCUT2D eigenvalue weighted by Gasteiger charge is 2.25. The Labute approximate surface area is 158 Å². The number of carbonyl (C=O) groups excluding carboxylic acids is 1. The van der Waals surface area contributed by atoms with Crippen molar-refractivity contribution in [1.29, 1.82) is 0 Å². The summed E-state index contributed by atoms with van der Waals surface area (Å²) in [6, 6.07) is 7.04. The molecule has 0 bridgehead atoms. The van der Waals surface area contributed by atoms with E-state index in [1.165, 1.54) is 32.1 Å². The quantitative estimate of drug-likeness (QED) is 0.724. The SMILES string of the molecule is O=C(c1cccc(Cl)c1)N1CCn2c(C#CC3CCCCC3)nnc2C1. The van der Waals surface area contributed by atoms with Gasteiger partial charge >= 0.3 is 0 Å². The number of halogens is 1. The van der Waals surface area contributed by atoms with Crippen LogP contribution in [0, 0.1) is 17.8 Å². The van der Waals surface area contributed by atoms with E-state index in [2.05, 4.69) is 22.0 Å². The van der Waals surface area contributed by atoms with Crippen LogP contribution in [0.15, 0.2) is 24.3 Å². The first kappa shape index (κ1) is 17.1. The number of carbonyl (C=O) groups is 1. The second-order valence-corrected chi connectivity index (χ2v) is 7.37. The molecule has 0 atom stereocenters. The van der Waals surface area contributed by atoms with Crippen LogP contribution in [-0.2, 0) is 13.1 Å². The van der Waals surface area contributed by atoms with Crippen LogP contribution in [0.25, 0.3) is 0 Å². The van der Waals surface area contributed by atoms with Gasteiger partial charge in [-0.1, -0.05) is 42.9 Å². The Morgan fingerprint density at radius 2 is 2.00 bits per heavy atom. The maximum absolute atomic E-state index is 12.7. The fourth-order valence-electron chi connectivity index (χ4n) is 3.64. The molecule has 0 unspecified atom stereocenters. The molecule has 2 aliphatic rings. The van der Waals surface area contributed by atoms with Gasteiger partial charge in [-0.15, -0.1) is 10.2 Å². The van der Waals surface area contributed by atoms with Gasteiger partial charge in [-0.3, -0.25) is 4.79 Å². The average Bonchev–Trinajstić information content (AvgIpc) is 3.09. The number of aromatic nitrogens is 3. The predicted octanol–water partition coefficient (Wildman–Crippen LogP) is 3.52. The van der Waals surface area contributed by atoms with E-state index >= 15 is 0 Å². The lowest BCUT2D eigenvalue weighted by molar-refractivity contribution is 0.0707. The smallest absolute Gasteiger partial charge is 0.254 e. The first-order chi connectivity index (χ1) is 12.7. The predicted molar refractivity (Wildman–Crippen MR) is 99.7 cm³/mol. The number of rotatable bonds is 1. The normalized spacial score (nSPS) is 17.3. The van der Waals surface area contributed by atoms with Crippen molar-refractivity contribution in [1.82, 2.24) is 19.7 Å². The summed E-state index contributed by atoms with van der Waals surface area (Å²) in [6.07, 6.45) is 6.26. The van der Waals surface area contributed by atoms with E-state index < -0.39 is 0 Å². The van der Waals surface area contributed by atoms with Gasteiger partial charge in [0.1, 0.15) is 0 Å². The Morgan fingerprint density at radius 3 is 2.81 bits per heavy atom. The van der Waals surface area contributed by atoms with Crippen LogP contribution in [0.4, 0.5) is 0 Å². The summed E-state index contributed by atoms with van der Waals surface area (Å²) < 4.78 is 2.04. The molecule has 134 valence electrons. The number of amides is 1. The molecule has 0 N–H and O–H groups in total. The molecular formula is C20H21ClN4O. The van der Waals surface area contributed by atoms with E-state index in [1.54, 1.807) is 29.2 Å². The molecule has 1 aromatic heterocycles. The van der Waals surface area contributed by atoms with Gasteiger partial charge in [0.25, 0.3) is 5.91 Å². The van der Waals surface area contributed by atoms with Crippen LogP contribution in [-0.4, -0.2) is 32.1 Å². The highest BCUT2D eigenvalue weighted by atomic mass is 35.5. The molecule has 1 fully saturated rings. The van der Waals surface area contributed by atoms with E-state index in [9.17, 15) is 4.79 Å². The molecular weight excluding hydrogens is 348 g/mol. The molecule has 1 amide bonds. The fourth-order valence-corrected chi connectivity index (χ4v) is 3.83.